The molecule has 0 saturated heterocycles. The first-order valence-corrected chi connectivity index (χ1v) is 8.14. The number of likely N-dealkylation sites (N-methyl/N-ethyl adjacent to an activating group) is 1. The van der Waals surface area contributed by atoms with Gasteiger partial charge in [-0.3, -0.25) is 0 Å². The Hall–Kier alpha value is -0.490. The van der Waals surface area contributed by atoms with Crippen LogP contribution in [0, 0.1) is 0 Å². The number of nitrogens with one attached hydrogen (secondary N) is 1. The van der Waals surface area contributed by atoms with Crippen LogP contribution in [0.15, 0.2) is 5.38 Å². The molecule has 0 aromatic carbocycles. The molecule has 1 heterocycles. The summed E-state index contributed by atoms with van der Waals surface area (Å²) in [6.07, 6.45) is 5.38. The van der Waals surface area contributed by atoms with Gasteiger partial charge in [0.25, 0.3) is 0 Å². The van der Waals surface area contributed by atoms with Gasteiger partial charge >= 0.3 is 0 Å². The Morgan fingerprint density at radius 1 is 1.42 bits per heavy atom. The first-order valence-electron chi connectivity index (χ1n) is 7.26. The standard InChI is InChI=1S/C14H23N3OS/c1-17(13-4-5-13)6-7-18-9-12-10-19-14(16-12)8-15-11-2-3-11/h10-11,13,15H,2-9H2,1H3. The highest BCUT2D eigenvalue weighted by molar-refractivity contribution is 7.09. The second kappa shape index (κ2) is 6.31. The number of thiazole rings is 1. The second-order valence-electron chi connectivity index (χ2n) is 5.65. The molecule has 3 rings (SSSR count). The fourth-order valence-electron chi connectivity index (χ4n) is 2.10. The summed E-state index contributed by atoms with van der Waals surface area (Å²) in [6, 6.07) is 1.57. The maximum Gasteiger partial charge on any atom is 0.107 e. The zero-order chi connectivity index (χ0) is 13.1. The molecule has 19 heavy (non-hydrogen) atoms. The number of nitrogens with zero attached hydrogens (tertiary/aromatic N) is 2. The van der Waals surface area contributed by atoms with Crippen LogP contribution in [0.2, 0.25) is 0 Å². The van der Waals surface area contributed by atoms with Gasteiger partial charge in [0.2, 0.25) is 0 Å². The van der Waals surface area contributed by atoms with Gasteiger partial charge in [-0.15, -0.1) is 11.3 Å². The molecule has 2 aliphatic carbocycles. The summed E-state index contributed by atoms with van der Waals surface area (Å²) in [4.78, 5) is 6.99. The molecule has 0 radical (unpaired) electrons. The van der Waals surface area contributed by atoms with Crippen LogP contribution in [0.25, 0.3) is 0 Å². The van der Waals surface area contributed by atoms with Crippen molar-refractivity contribution >= 4 is 11.3 Å². The minimum atomic E-state index is 0.651. The van der Waals surface area contributed by atoms with Gasteiger partial charge in [-0.2, -0.15) is 0 Å². The molecule has 1 N–H and O–H groups in total. The highest BCUT2D eigenvalue weighted by Crippen LogP contribution is 2.24. The SMILES string of the molecule is CN(CCOCc1csc(CNC2CC2)n1)C1CC1. The molecule has 0 aliphatic heterocycles. The van der Waals surface area contributed by atoms with Crippen LogP contribution >= 0.6 is 11.3 Å². The lowest BCUT2D eigenvalue weighted by atomic mass is 10.5. The molecular weight excluding hydrogens is 258 g/mol. The molecule has 0 spiro atoms. The van der Waals surface area contributed by atoms with Crippen molar-refractivity contribution in [1.29, 1.82) is 0 Å². The van der Waals surface area contributed by atoms with Crippen molar-refractivity contribution in [3.8, 4) is 0 Å². The maximum absolute atomic E-state index is 5.70. The van der Waals surface area contributed by atoms with Crippen LogP contribution in [0.4, 0.5) is 0 Å². The molecule has 0 atom stereocenters. The average Bonchev–Trinajstić information content (AvgIpc) is 3.31. The summed E-state index contributed by atoms with van der Waals surface area (Å²) >= 11 is 1.73. The van der Waals surface area contributed by atoms with Crippen LogP contribution in [-0.2, 0) is 17.9 Å². The van der Waals surface area contributed by atoms with Crippen molar-refractivity contribution in [2.24, 2.45) is 0 Å². The lowest BCUT2D eigenvalue weighted by Gasteiger charge is -2.14. The van der Waals surface area contributed by atoms with Gasteiger partial charge in [-0.25, -0.2) is 4.98 Å². The van der Waals surface area contributed by atoms with Crippen molar-refractivity contribution in [3.05, 3.63) is 16.1 Å². The van der Waals surface area contributed by atoms with Crippen LogP contribution < -0.4 is 5.32 Å². The van der Waals surface area contributed by atoms with Crippen molar-refractivity contribution in [2.75, 3.05) is 20.2 Å². The minimum absolute atomic E-state index is 0.651. The number of aromatic nitrogens is 1. The summed E-state index contributed by atoms with van der Waals surface area (Å²) in [5, 5.41) is 6.79. The molecule has 2 aliphatic rings. The molecule has 2 saturated carbocycles. The smallest absolute Gasteiger partial charge is 0.107 e. The predicted molar refractivity (Wildman–Crippen MR) is 77.3 cm³/mol. The summed E-state index contributed by atoms with van der Waals surface area (Å²) < 4.78 is 5.70. The van der Waals surface area contributed by atoms with Gasteiger partial charge in [-0.05, 0) is 32.7 Å². The zero-order valence-electron chi connectivity index (χ0n) is 11.6. The van der Waals surface area contributed by atoms with E-state index in [-0.39, 0.29) is 0 Å². The Morgan fingerprint density at radius 3 is 3.00 bits per heavy atom. The van der Waals surface area contributed by atoms with Crippen LogP contribution in [-0.4, -0.2) is 42.2 Å². The van der Waals surface area contributed by atoms with E-state index in [4.69, 9.17) is 4.74 Å². The third kappa shape index (κ3) is 4.53. The zero-order valence-corrected chi connectivity index (χ0v) is 12.4. The van der Waals surface area contributed by atoms with E-state index >= 15 is 0 Å². The van der Waals surface area contributed by atoms with E-state index < -0.39 is 0 Å². The topological polar surface area (TPSA) is 37.4 Å². The lowest BCUT2D eigenvalue weighted by molar-refractivity contribution is 0.0960. The van der Waals surface area contributed by atoms with Crippen molar-refractivity contribution in [2.45, 2.75) is 50.9 Å². The predicted octanol–water partition coefficient (Wildman–Crippen LogP) is 2.01. The maximum atomic E-state index is 5.70. The van der Waals surface area contributed by atoms with E-state index in [1.807, 2.05) is 0 Å². The quantitative estimate of drug-likeness (QED) is 0.703. The van der Waals surface area contributed by atoms with Gasteiger partial charge in [0, 0.05) is 30.6 Å². The van der Waals surface area contributed by atoms with Gasteiger partial charge in [0.15, 0.2) is 0 Å². The van der Waals surface area contributed by atoms with Crippen LogP contribution in [0.5, 0.6) is 0 Å². The summed E-state index contributed by atoms with van der Waals surface area (Å²) in [5.74, 6) is 0. The fourth-order valence-corrected chi connectivity index (χ4v) is 2.83. The van der Waals surface area contributed by atoms with Gasteiger partial charge in [0.1, 0.15) is 5.01 Å². The lowest BCUT2D eigenvalue weighted by Crippen LogP contribution is -2.25. The Morgan fingerprint density at radius 2 is 2.26 bits per heavy atom. The summed E-state index contributed by atoms with van der Waals surface area (Å²) in [6.45, 7) is 3.41. The Labute approximate surface area is 119 Å². The summed E-state index contributed by atoms with van der Waals surface area (Å²) in [7, 11) is 2.19. The second-order valence-corrected chi connectivity index (χ2v) is 6.59. The molecule has 0 bridgehead atoms. The van der Waals surface area contributed by atoms with Gasteiger partial charge < -0.3 is 15.0 Å². The van der Waals surface area contributed by atoms with E-state index in [1.165, 1.54) is 30.7 Å². The third-order valence-corrected chi connectivity index (χ3v) is 4.62. The number of rotatable bonds is 9. The monoisotopic (exact) mass is 281 g/mol. The number of hydrogen-bond donors (Lipinski definition) is 1. The molecule has 2 fully saturated rings. The van der Waals surface area contributed by atoms with Crippen molar-refractivity contribution < 1.29 is 4.74 Å². The van der Waals surface area contributed by atoms with E-state index in [2.05, 4.69) is 27.6 Å². The van der Waals surface area contributed by atoms with E-state index in [0.717, 1.165) is 37.5 Å². The molecule has 0 unspecified atom stereocenters. The molecule has 1 aromatic heterocycles. The van der Waals surface area contributed by atoms with Crippen molar-refractivity contribution in [3.63, 3.8) is 0 Å². The van der Waals surface area contributed by atoms with Gasteiger partial charge in [0.05, 0.1) is 18.9 Å². The molecule has 1 aromatic rings. The summed E-state index contributed by atoms with van der Waals surface area (Å²) in [5.41, 5.74) is 1.08. The molecule has 0 amide bonds. The largest absolute Gasteiger partial charge is 0.374 e. The van der Waals surface area contributed by atoms with Gasteiger partial charge in [-0.1, -0.05) is 0 Å². The first-order chi connectivity index (χ1) is 9.31. The fraction of sp³-hybridized carbons (Fsp3) is 0.786. The Balaban J connectivity index is 1.30. The highest BCUT2D eigenvalue weighted by atomic mass is 32.1. The number of ether oxygens (including phenoxy) is 1. The Bertz CT molecular complexity index is 401. The van der Waals surface area contributed by atoms with E-state index in [1.54, 1.807) is 11.3 Å². The highest BCUT2D eigenvalue weighted by Gasteiger charge is 2.25. The molecule has 106 valence electrons. The van der Waals surface area contributed by atoms with Crippen LogP contribution in [0.3, 0.4) is 0 Å². The normalized spacial score (nSPS) is 19.3. The van der Waals surface area contributed by atoms with E-state index in [9.17, 15) is 0 Å². The Kier molecular flexibility index (Phi) is 4.48. The van der Waals surface area contributed by atoms with Crippen molar-refractivity contribution in [1.82, 2.24) is 15.2 Å². The third-order valence-electron chi connectivity index (χ3n) is 3.73. The molecular formula is C14H23N3OS. The molecule has 5 heteroatoms. The average molecular weight is 281 g/mol. The minimum Gasteiger partial charge on any atom is -0.374 e. The molecule has 4 nitrogen and oxygen atoms in total. The van der Waals surface area contributed by atoms with E-state index in [0.29, 0.717) is 6.61 Å². The number of hydrogen-bond acceptors (Lipinski definition) is 5. The first kappa shape index (κ1) is 13.5. The van der Waals surface area contributed by atoms with Crippen LogP contribution in [0.1, 0.15) is 36.4 Å².